The van der Waals surface area contributed by atoms with Crippen molar-refractivity contribution in [3.05, 3.63) is 39.7 Å². The summed E-state index contributed by atoms with van der Waals surface area (Å²) < 4.78 is 0.958. The Bertz CT molecular complexity index is 889. The van der Waals surface area contributed by atoms with E-state index in [4.69, 9.17) is 0 Å². The Labute approximate surface area is 146 Å². The van der Waals surface area contributed by atoms with Crippen LogP contribution in [0.4, 0.5) is 5.82 Å². The van der Waals surface area contributed by atoms with E-state index < -0.39 is 6.10 Å². The van der Waals surface area contributed by atoms with Gasteiger partial charge in [0.2, 0.25) is 5.91 Å². The molecule has 1 atom stereocenters. The zero-order valence-electron chi connectivity index (χ0n) is 12.6. The van der Waals surface area contributed by atoms with Gasteiger partial charge in [-0.2, -0.15) is 0 Å². The first kappa shape index (κ1) is 15.9. The number of H-pyrrole nitrogens is 1. The van der Waals surface area contributed by atoms with E-state index in [0.717, 1.165) is 31.4 Å². The molecule has 6 nitrogen and oxygen atoms in total. The van der Waals surface area contributed by atoms with Crippen molar-refractivity contribution >= 4 is 45.3 Å². The molecule has 1 amide bonds. The molecule has 3 N–H and O–H groups in total. The molecule has 0 aromatic carbocycles. The third-order valence-electron chi connectivity index (χ3n) is 3.46. The number of aliphatic hydroxyl groups is 1. The summed E-state index contributed by atoms with van der Waals surface area (Å²) in [5.74, 6) is 0.326. The largest absolute Gasteiger partial charge is 0.389 e. The number of halogens is 1. The maximum atomic E-state index is 11.2. The predicted molar refractivity (Wildman–Crippen MR) is 97.0 cm³/mol. The number of fused-ring (bicyclic) bond motifs is 1. The topological polar surface area (TPSA) is 90.9 Å². The van der Waals surface area contributed by atoms with E-state index in [2.05, 4.69) is 42.9 Å². The number of nitrogens with one attached hydrogen (secondary N) is 2. The minimum Gasteiger partial charge on any atom is -0.389 e. The number of rotatable bonds is 3. The van der Waals surface area contributed by atoms with Gasteiger partial charge in [0, 0.05) is 30.4 Å². The van der Waals surface area contributed by atoms with Gasteiger partial charge in [0.15, 0.2) is 0 Å². The molecule has 0 aliphatic rings. The third-order valence-corrected chi connectivity index (χ3v) is 4.51. The first-order chi connectivity index (χ1) is 11.0. The third kappa shape index (κ3) is 3.06. The fourth-order valence-corrected chi connectivity index (χ4v) is 3.31. The number of carbonyl (C=O) groups is 1. The molecule has 0 saturated heterocycles. The van der Waals surface area contributed by atoms with E-state index in [1.165, 1.54) is 6.92 Å². The van der Waals surface area contributed by atoms with E-state index in [1.54, 1.807) is 31.5 Å². The van der Waals surface area contributed by atoms with Gasteiger partial charge in [0.1, 0.15) is 11.3 Å². The monoisotopic (exact) mass is 422 g/mol. The highest BCUT2D eigenvalue weighted by molar-refractivity contribution is 14.1. The molecule has 0 bridgehead atoms. The molecule has 0 aliphatic carbocycles. The second-order valence-corrected chi connectivity index (χ2v) is 6.30. The Morgan fingerprint density at radius 3 is 2.78 bits per heavy atom. The van der Waals surface area contributed by atoms with Crippen molar-refractivity contribution < 1.29 is 9.90 Å². The van der Waals surface area contributed by atoms with Crippen LogP contribution >= 0.6 is 22.6 Å². The molecule has 23 heavy (non-hydrogen) atoms. The average molecular weight is 422 g/mol. The molecule has 3 rings (SSSR count). The Morgan fingerprint density at radius 1 is 1.35 bits per heavy atom. The van der Waals surface area contributed by atoms with Gasteiger partial charge >= 0.3 is 0 Å². The van der Waals surface area contributed by atoms with Crippen molar-refractivity contribution in [3.8, 4) is 11.3 Å². The minimum atomic E-state index is -0.588. The number of carbonyl (C=O) groups excluding carboxylic acids is 1. The van der Waals surface area contributed by atoms with Gasteiger partial charge in [0.25, 0.3) is 0 Å². The summed E-state index contributed by atoms with van der Waals surface area (Å²) in [6, 6.07) is 5.47. The zero-order chi connectivity index (χ0) is 16.6. The maximum Gasteiger partial charge on any atom is 0.222 e. The Kier molecular flexibility index (Phi) is 4.31. The lowest BCUT2D eigenvalue weighted by atomic mass is 10.1. The van der Waals surface area contributed by atoms with Crippen LogP contribution in [0.3, 0.4) is 0 Å². The van der Waals surface area contributed by atoms with Gasteiger partial charge in [0.05, 0.1) is 20.9 Å². The summed E-state index contributed by atoms with van der Waals surface area (Å²) in [4.78, 5) is 23.1. The lowest BCUT2D eigenvalue weighted by Gasteiger charge is -2.05. The first-order valence-corrected chi connectivity index (χ1v) is 8.13. The van der Waals surface area contributed by atoms with Crippen LogP contribution in [-0.4, -0.2) is 26.0 Å². The highest BCUT2D eigenvalue weighted by Gasteiger charge is 2.17. The molecule has 0 fully saturated rings. The second kappa shape index (κ2) is 6.25. The molecular weight excluding hydrogens is 407 g/mol. The molecular formula is C16H15IN4O2. The molecule has 3 heterocycles. The number of anilines is 1. The van der Waals surface area contributed by atoms with Crippen LogP contribution in [0.1, 0.15) is 25.5 Å². The normalized spacial score (nSPS) is 12.3. The fourth-order valence-electron chi connectivity index (χ4n) is 2.45. The highest BCUT2D eigenvalue weighted by Crippen LogP contribution is 2.33. The SMILES string of the molecule is CC(=O)Nc1cc(-c2[nH]c3c(C(C)O)ccnc3c2I)ccn1. The number of aromatic nitrogens is 3. The number of hydrogen-bond acceptors (Lipinski definition) is 4. The molecule has 118 valence electrons. The molecule has 0 radical (unpaired) electrons. The second-order valence-electron chi connectivity index (χ2n) is 5.22. The molecule has 3 aromatic rings. The van der Waals surface area contributed by atoms with Gasteiger partial charge in [-0.3, -0.25) is 9.78 Å². The number of hydrogen-bond donors (Lipinski definition) is 3. The summed E-state index contributed by atoms with van der Waals surface area (Å²) in [5, 5.41) is 12.6. The van der Waals surface area contributed by atoms with E-state index >= 15 is 0 Å². The van der Waals surface area contributed by atoms with Crippen molar-refractivity contribution in [1.29, 1.82) is 0 Å². The molecule has 0 aliphatic heterocycles. The van der Waals surface area contributed by atoms with Crippen molar-refractivity contribution in [3.63, 3.8) is 0 Å². The van der Waals surface area contributed by atoms with Crippen molar-refractivity contribution in [2.24, 2.45) is 0 Å². The number of aromatic amines is 1. The van der Waals surface area contributed by atoms with E-state index in [9.17, 15) is 9.90 Å². The van der Waals surface area contributed by atoms with Crippen molar-refractivity contribution in [1.82, 2.24) is 15.0 Å². The van der Waals surface area contributed by atoms with Crippen LogP contribution in [0, 0.1) is 3.57 Å². The summed E-state index contributed by atoms with van der Waals surface area (Å²) in [6.07, 6.45) is 2.75. The fraction of sp³-hybridized carbons (Fsp3) is 0.188. The summed E-state index contributed by atoms with van der Waals surface area (Å²) >= 11 is 2.23. The van der Waals surface area contributed by atoms with E-state index in [1.807, 2.05) is 6.07 Å². The summed E-state index contributed by atoms with van der Waals surface area (Å²) in [6.45, 7) is 3.17. The van der Waals surface area contributed by atoms with Crippen LogP contribution in [0.25, 0.3) is 22.3 Å². The van der Waals surface area contributed by atoms with Crippen LogP contribution in [0.2, 0.25) is 0 Å². The maximum absolute atomic E-state index is 11.2. The molecule has 3 aromatic heterocycles. The van der Waals surface area contributed by atoms with Crippen LogP contribution in [0.15, 0.2) is 30.6 Å². The zero-order valence-corrected chi connectivity index (χ0v) is 14.7. The van der Waals surface area contributed by atoms with Gasteiger partial charge < -0.3 is 15.4 Å². The molecule has 0 saturated carbocycles. The van der Waals surface area contributed by atoms with E-state index in [0.29, 0.717) is 5.82 Å². The smallest absolute Gasteiger partial charge is 0.222 e. The number of aliphatic hydroxyl groups excluding tert-OH is 1. The Balaban J connectivity index is 2.15. The average Bonchev–Trinajstić information content (AvgIpc) is 2.84. The Morgan fingerprint density at radius 2 is 2.09 bits per heavy atom. The van der Waals surface area contributed by atoms with Crippen LogP contribution in [0.5, 0.6) is 0 Å². The highest BCUT2D eigenvalue weighted by atomic mass is 127. The van der Waals surface area contributed by atoms with Crippen LogP contribution < -0.4 is 5.32 Å². The number of pyridine rings is 2. The predicted octanol–water partition coefficient (Wildman–Crippen LogP) is 3.24. The van der Waals surface area contributed by atoms with E-state index in [-0.39, 0.29) is 5.91 Å². The summed E-state index contributed by atoms with van der Waals surface area (Å²) in [7, 11) is 0. The Hall–Kier alpha value is -2.00. The molecule has 1 unspecified atom stereocenters. The lowest BCUT2D eigenvalue weighted by Crippen LogP contribution is -2.07. The quantitative estimate of drug-likeness (QED) is 0.566. The van der Waals surface area contributed by atoms with Crippen molar-refractivity contribution in [2.75, 3.05) is 5.32 Å². The molecule has 7 heteroatoms. The lowest BCUT2D eigenvalue weighted by molar-refractivity contribution is -0.114. The van der Waals surface area contributed by atoms with Gasteiger partial charge in [-0.15, -0.1) is 0 Å². The van der Waals surface area contributed by atoms with Crippen molar-refractivity contribution in [2.45, 2.75) is 20.0 Å². The van der Waals surface area contributed by atoms with Gasteiger partial charge in [-0.05, 0) is 47.7 Å². The van der Waals surface area contributed by atoms with Gasteiger partial charge in [-0.25, -0.2) is 4.98 Å². The molecule has 0 spiro atoms. The van der Waals surface area contributed by atoms with Gasteiger partial charge in [-0.1, -0.05) is 0 Å². The number of amides is 1. The first-order valence-electron chi connectivity index (χ1n) is 7.05. The minimum absolute atomic E-state index is 0.168. The standard InChI is InChI=1S/C16H15IN4O2/c1-8(22)11-4-6-19-16-13(17)14(21-15(11)16)10-3-5-18-12(7-10)20-9(2)23/h3-8,21-22H,1-2H3,(H,18,20,23). The number of nitrogens with zero attached hydrogens (tertiary/aromatic N) is 2. The summed E-state index contributed by atoms with van der Waals surface area (Å²) in [5.41, 5.74) is 4.21. The van der Waals surface area contributed by atoms with Crippen LogP contribution in [-0.2, 0) is 4.79 Å².